The molecule has 0 aliphatic heterocycles. The second-order valence-electron chi connectivity index (χ2n) is 5.81. The monoisotopic (exact) mass is 359 g/mol. The van der Waals surface area contributed by atoms with E-state index in [-0.39, 0.29) is 5.91 Å². The predicted octanol–water partition coefficient (Wildman–Crippen LogP) is 3.74. The number of nitrogens with one attached hydrogen (secondary N) is 1. The van der Waals surface area contributed by atoms with Crippen molar-refractivity contribution >= 4 is 17.7 Å². The second-order valence-corrected chi connectivity index (χ2v) is 6.79. The van der Waals surface area contributed by atoms with Crippen LogP contribution in [0.5, 0.6) is 11.5 Å². The predicted molar refractivity (Wildman–Crippen MR) is 104 cm³/mol. The number of carbonyl (C=O) groups excluding carboxylic acids is 1. The Balaban J connectivity index is 1.60. The maximum Gasteiger partial charge on any atom is 0.230 e. The van der Waals surface area contributed by atoms with Crippen molar-refractivity contribution in [3.63, 3.8) is 0 Å². The summed E-state index contributed by atoms with van der Waals surface area (Å²) in [4.78, 5) is 11.8. The maximum atomic E-state index is 11.8. The van der Waals surface area contributed by atoms with Crippen molar-refractivity contribution in [1.29, 1.82) is 0 Å². The van der Waals surface area contributed by atoms with Gasteiger partial charge in [-0.2, -0.15) is 0 Å². The van der Waals surface area contributed by atoms with Crippen molar-refractivity contribution in [3.8, 4) is 11.5 Å². The van der Waals surface area contributed by atoms with E-state index in [0.29, 0.717) is 18.9 Å². The van der Waals surface area contributed by atoms with E-state index in [0.717, 1.165) is 22.8 Å². The van der Waals surface area contributed by atoms with Crippen LogP contribution in [0.25, 0.3) is 0 Å². The third-order valence-electron chi connectivity index (χ3n) is 3.67. The van der Waals surface area contributed by atoms with Gasteiger partial charge < -0.3 is 14.8 Å². The van der Waals surface area contributed by atoms with Crippen LogP contribution < -0.4 is 14.8 Å². The first-order chi connectivity index (χ1) is 12.1. The van der Waals surface area contributed by atoms with Crippen LogP contribution in [-0.4, -0.2) is 31.9 Å². The van der Waals surface area contributed by atoms with Gasteiger partial charge in [-0.05, 0) is 43.2 Å². The Kier molecular flexibility index (Phi) is 7.67. The Bertz CT molecular complexity index is 686. The summed E-state index contributed by atoms with van der Waals surface area (Å²) in [7, 11) is 1.65. The zero-order valence-electron chi connectivity index (χ0n) is 15.0. The van der Waals surface area contributed by atoms with E-state index in [1.54, 1.807) is 18.9 Å². The molecule has 0 bridgehead atoms. The van der Waals surface area contributed by atoms with Crippen molar-refractivity contribution in [1.82, 2.24) is 5.32 Å². The van der Waals surface area contributed by atoms with Gasteiger partial charge in [-0.25, -0.2) is 0 Å². The van der Waals surface area contributed by atoms with Gasteiger partial charge >= 0.3 is 0 Å². The fourth-order valence-electron chi connectivity index (χ4n) is 2.35. The molecule has 25 heavy (non-hydrogen) atoms. The van der Waals surface area contributed by atoms with Gasteiger partial charge in [-0.3, -0.25) is 4.79 Å². The number of methoxy groups -OCH3 is 1. The number of thioether (sulfide) groups is 1. The van der Waals surface area contributed by atoms with E-state index < -0.39 is 0 Å². The first kappa shape index (κ1) is 19.2. The third kappa shape index (κ3) is 6.70. The summed E-state index contributed by atoms with van der Waals surface area (Å²) in [5.74, 6) is 2.98. The van der Waals surface area contributed by atoms with Crippen molar-refractivity contribution in [2.75, 3.05) is 26.0 Å². The van der Waals surface area contributed by atoms with E-state index >= 15 is 0 Å². The van der Waals surface area contributed by atoms with E-state index in [9.17, 15) is 4.79 Å². The minimum Gasteiger partial charge on any atom is -0.497 e. The highest BCUT2D eigenvalue weighted by Crippen LogP contribution is 2.18. The van der Waals surface area contributed by atoms with Gasteiger partial charge in [-0.15, -0.1) is 11.8 Å². The van der Waals surface area contributed by atoms with Gasteiger partial charge in [0, 0.05) is 5.75 Å². The molecule has 134 valence electrons. The lowest BCUT2D eigenvalue weighted by Crippen LogP contribution is -2.29. The highest BCUT2D eigenvalue weighted by molar-refractivity contribution is 7.99. The lowest BCUT2D eigenvalue weighted by atomic mass is 10.1. The number of benzene rings is 2. The van der Waals surface area contributed by atoms with Crippen LogP contribution >= 0.6 is 11.8 Å². The average molecular weight is 359 g/mol. The average Bonchev–Trinajstić information content (AvgIpc) is 2.61. The summed E-state index contributed by atoms with van der Waals surface area (Å²) in [5, 5.41) is 2.88. The van der Waals surface area contributed by atoms with Crippen molar-refractivity contribution < 1.29 is 14.3 Å². The van der Waals surface area contributed by atoms with Gasteiger partial charge in [0.1, 0.15) is 18.1 Å². The van der Waals surface area contributed by atoms with Gasteiger partial charge in [-0.1, -0.05) is 29.8 Å². The number of hydrogen-bond acceptors (Lipinski definition) is 4. The number of carbonyl (C=O) groups is 1. The van der Waals surface area contributed by atoms with Gasteiger partial charge in [0.2, 0.25) is 5.91 Å². The molecule has 4 nitrogen and oxygen atoms in total. The minimum absolute atomic E-state index is 0.0303. The van der Waals surface area contributed by atoms with Crippen LogP contribution in [0.2, 0.25) is 0 Å². The molecule has 0 radical (unpaired) electrons. The molecular weight excluding hydrogens is 334 g/mol. The number of amides is 1. The van der Waals surface area contributed by atoms with Crippen LogP contribution in [0.3, 0.4) is 0 Å². The molecule has 0 unspecified atom stereocenters. The zero-order chi connectivity index (χ0) is 18.1. The van der Waals surface area contributed by atoms with Crippen LogP contribution in [0.4, 0.5) is 0 Å². The van der Waals surface area contributed by atoms with E-state index in [1.807, 2.05) is 43.3 Å². The molecule has 0 fully saturated rings. The summed E-state index contributed by atoms with van der Waals surface area (Å²) in [6.07, 6.45) is 0. The van der Waals surface area contributed by atoms with Crippen molar-refractivity contribution in [2.24, 2.45) is 0 Å². The molecule has 0 heterocycles. The molecular formula is C20H25NO3S. The van der Waals surface area contributed by atoms with Crippen LogP contribution in [0.15, 0.2) is 42.5 Å². The van der Waals surface area contributed by atoms with Crippen LogP contribution in [-0.2, 0) is 10.5 Å². The smallest absolute Gasteiger partial charge is 0.230 e. The first-order valence-corrected chi connectivity index (χ1v) is 9.41. The molecule has 0 atom stereocenters. The molecule has 1 N–H and O–H groups in total. The molecule has 1 amide bonds. The Morgan fingerprint density at radius 3 is 2.56 bits per heavy atom. The van der Waals surface area contributed by atoms with E-state index in [1.165, 1.54) is 11.1 Å². The molecule has 0 aliphatic rings. The summed E-state index contributed by atoms with van der Waals surface area (Å²) < 4.78 is 10.8. The number of aryl methyl sites for hydroxylation is 2. The molecule has 5 heteroatoms. The van der Waals surface area contributed by atoms with Crippen molar-refractivity contribution in [2.45, 2.75) is 19.6 Å². The summed E-state index contributed by atoms with van der Waals surface area (Å²) >= 11 is 1.59. The Morgan fingerprint density at radius 1 is 1.12 bits per heavy atom. The molecule has 2 aromatic rings. The zero-order valence-corrected chi connectivity index (χ0v) is 15.8. The van der Waals surface area contributed by atoms with Gasteiger partial charge in [0.15, 0.2) is 0 Å². The maximum absolute atomic E-state index is 11.8. The molecule has 0 aliphatic carbocycles. The van der Waals surface area contributed by atoms with Crippen molar-refractivity contribution in [3.05, 3.63) is 59.2 Å². The minimum atomic E-state index is 0.0303. The van der Waals surface area contributed by atoms with E-state index in [2.05, 4.69) is 18.3 Å². The SMILES string of the molecule is COc1ccc(CSCC(=O)NCCOc2ccc(C)cc2C)cc1. The molecule has 2 aromatic carbocycles. The normalized spacial score (nSPS) is 10.4. The summed E-state index contributed by atoms with van der Waals surface area (Å²) in [6.45, 7) is 5.06. The van der Waals surface area contributed by atoms with Gasteiger partial charge in [0.25, 0.3) is 0 Å². The number of ether oxygens (including phenoxy) is 2. The standard InChI is InChI=1S/C20H25NO3S/c1-15-4-9-19(16(2)12-15)24-11-10-21-20(22)14-25-13-17-5-7-18(23-3)8-6-17/h4-9,12H,10-11,13-14H2,1-3H3,(H,21,22). The molecule has 0 aromatic heterocycles. The second kappa shape index (κ2) is 9.99. The molecule has 2 rings (SSSR count). The number of hydrogen-bond donors (Lipinski definition) is 1. The Morgan fingerprint density at radius 2 is 1.88 bits per heavy atom. The molecule has 0 saturated carbocycles. The highest BCUT2D eigenvalue weighted by atomic mass is 32.2. The lowest BCUT2D eigenvalue weighted by Gasteiger charge is -2.10. The summed E-state index contributed by atoms with van der Waals surface area (Å²) in [6, 6.07) is 14.0. The topological polar surface area (TPSA) is 47.6 Å². The fraction of sp³-hybridized carbons (Fsp3) is 0.350. The van der Waals surface area contributed by atoms with Crippen LogP contribution in [0, 0.1) is 13.8 Å². The Labute approximate surface area is 153 Å². The molecule has 0 saturated heterocycles. The summed E-state index contributed by atoms with van der Waals surface area (Å²) in [5.41, 5.74) is 3.50. The quantitative estimate of drug-likeness (QED) is 0.693. The van der Waals surface area contributed by atoms with Gasteiger partial charge in [0.05, 0.1) is 19.4 Å². The van der Waals surface area contributed by atoms with Crippen LogP contribution in [0.1, 0.15) is 16.7 Å². The lowest BCUT2D eigenvalue weighted by molar-refractivity contribution is -0.118. The third-order valence-corrected chi connectivity index (χ3v) is 4.68. The number of rotatable bonds is 9. The first-order valence-electron chi connectivity index (χ1n) is 8.26. The fourth-order valence-corrected chi connectivity index (χ4v) is 3.16. The van der Waals surface area contributed by atoms with E-state index in [4.69, 9.17) is 9.47 Å². The Hall–Kier alpha value is -2.14. The highest BCUT2D eigenvalue weighted by Gasteiger charge is 2.03. The largest absolute Gasteiger partial charge is 0.497 e. The molecule has 0 spiro atoms.